The number of aromatic nitrogens is 1. The maximum Gasteiger partial charge on any atom is 0.278 e. The third kappa shape index (κ3) is 2.45. The fourth-order valence-electron chi connectivity index (χ4n) is 1.37. The molecule has 2 rings (SSSR count). The lowest BCUT2D eigenvalue weighted by Gasteiger charge is -1.99. The second-order valence-corrected chi connectivity index (χ2v) is 4.07. The normalized spacial score (nSPS) is 9.65. The van der Waals surface area contributed by atoms with E-state index in [9.17, 15) is 10.1 Å². The van der Waals surface area contributed by atoms with Crippen LogP contribution in [0.15, 0.2) is 24.3 Å². The van der Waals surface area contributed by atoms with Crippen molar-refractivity contribution in [2.45, 2.75) is 0 Å². The zero-order valence-electron chi connectivity index (χ0n) is 8.49. The van der Waals surface area contributed by atoms with E-state index in [-0.39, 0.29) is 23.9 Å². The lowest BCUT2D eigenvalue weighted by molar-refractivity contribution is -0.384. The lowest BCUT2D eigenvalue weighted by Crippen LogP contribution is -1.93. The summed E-state index contributed by atoms with van der Waals surface area (Å²) in [7, 11) is 0. The Morgan fingerprint density at radius 2 is 1.94 bits per heavy atom. The summed E-state index contributed by atoms with van der Waals surface area (Å²) in [6.45, 7) is 0. The number of nitrogens with two attached hydrogens (primary N) is 2. The number of hydrogen-bond acceptors (Lipinski definition) is 6. The Bertz CT molecular complexity index is 558. The number of thiazole rings is 1. The maximum atomic E-state index is 10.8. The van der Waals surface area contributed by atoms with E-state index < -0.39 is 4.92 Å². The highest BCUT2D eigenvalue weighted by atomic mass is 35.5. The Labute approximate surface area is 107 Å². The van der Waals surface area contributed by atoms with Crippen LogP contribution in [0, 0.1) is 10.1 Å². The number of nitrogen functional groups attached to an aromatic ring is 2. The second-order valence-electron chi connectivity index (χ2n) is 3.04. The Morgan fingerprint density at radius 3 is 2.47 bits per heavy atom. The van der Waals surface area contributed by atoms with E-state index in [2.05, 4.69) is 4.98 Å². The predicted molar refractivity (Wildman–Crippen MR) is 70.3 cm³/mol. The van der Waals surface area contributed by atoms with Crippen molar-refractivity contribution in [3.8, 4) is 10.4 Å². The number of rotatable bonds is 2. The molecule has 0 unspecified atom stereocenters. The molecule has 6 nitrogen and oxygen atoms in total. The zero-order valence-corrected chi connectivity index (χ0v) is 10.1. The Morgan fingerprint density at radius 1 is 1.29 bits per heavy atom. The monoisotopic (exact) mass is 272 g/mol. The van der Waals surface area contributed by atoms with Crippen molar-refractivity contribution in [2.75, 3.05) is 11.5 Å². The first kappa shape index (κ1) is 13.2. The number of nitro groups is 1. The first-order valence-corrected chi connectivity index (χ1v) is 5.17. The van der Waals surface area contributed by atoms with Gasteiger partial charge in [-0.1, -0.05) is 23.5 Å². The molecule has 4 N–H and O–H groups in total. The van der Waals surface area contributed by atoms with Gasteiger partial charge in [0.25, 0.3) is 5.69 Å². The van der Waals surface area contributed by atoms with Crippen LogP contribution in [-0.2, 0) is 0 Å². The third-order valence-corrected chi connectivity index (χ3v) is 2.95. The third-order valence-electron chi connectivity index (χ3n) is 2.02. The van der Waals surface area contributed by atoms with Crippen molar-refractivity contribution in [2.24, 2.45) is 0 Å². The van der Waals surface area contributed by atoms with Crippen molar-refractivity contribution in [3.05, 3.63) is 34.4 Å². The van der Waals surface area contributed by atoms with E-state index in [1.54, 1.807) is 18.2 Å². The number of nitro benzene ring substituents is 1. The summed E-state index contributed by atoms with van der Waals surface area (Å²) in [6.07, 6.45) is 0. The van der Waals surface area contributed by atoms with Crippen LogP contribution >= 0.6 is 23.7 Å². The lowest BCUT2D eigenvalue weighted by atomic mass is 10.1. The van der Waals surface area contributed by atoms with Crippen molar-refractivity contribution >= 4 is 40.4 Å². The van der Waals surface area contributed by atoms with Gasteiger partial charge < -0.3 is 11.5 Å². The van der Waals surface area contributed by atoms with Crippen LogP contribution in [0.3, 0.4) is 0 Å². The number of hydrogen-bond donors (Lipinski definition) is 2. The molecule has 1 aromatic carbocycles. The number of nitrogens with zero attached hydrogens (tertiary/aromatic N) is 2. The first-order valence-electron chi connectivity index (χ1n) is 4.35. The van der Waals surface area contributed by atoms with Crippen LogP contribution in [0.1, 0.15) is 0 Å². The van der Waals surface area contributed by atoms with Crippen LogP contribution in [0.25, 0.3) is 10.4 Å². The number of para-hydroxylation sites is 1. The van der Waals surface area contributed by atoms with Crippen molar-refractivity contribution < 1.29 is 4.92 Å². The Kier molecular flexibility index (Phi) is 3.87. The summed E-state index contributed by atoms with van der Waals surface area (Å²) in [5, 5.41) is 11.1. The van der Waals surface area contributed by atoms with Crippen LogP contribution in [0.2, 0.25) is 0 Å². The molecule has 1 heterocycles. The summed E-state index contributed by atoms with van der Waals surface area (Å²) >= 11 is 1.14. The van der Waals surface area contributed by atoms with Gasteiger partial charge in [-0.05, 0) is 6.07 Å². The second kappa shape index (κ2) is 4.98. The van der Waals surface area contributed by atoms with Gasteiger partial charge >= 0.3 is 0 Å². The van der Waals surface area contributed by atoms with Gasteiger partial charge in [0.05, 0.1) is 15.4 Å². The summed E-state index contributed by atoms with van der Waals surface area (Å²) in [5.74, 6) is 0.219. The van der Waals surface area contributed by atoms with Crippen molar-refractivity contribution in [1.82, 2.24) is 4.98 Å². The van der Waals surface area contributed by atoms with E-state index in [1.165, 1.54) is 6.07 Å². The standard InChI is InChI=1S/C9H8N4O2S.ClH/c10-8-7(16-9(11)12-8)5-3-1-2-4-6(5)13(14)15;/h1-4H,10H2,(H2,11,12);1H. The highest BCUT2D eigenvalue weighted by Crippen LogP contribution is 2.38. The van der Waals surface area contributed by atoms with Crippen LogP contribution in [0.4, 0.5) is 16.6 Å². The van der Waals surface area contributed by atoms with Crippen molar-refractivity contribution in [1.29, 1.82) is 0 Å². The van der Waals surface area contributed by atoms with Gasteiger partial charge in [0, 0.05) is 6.07 Å². The molecule has 0 atom stereocenters. The average molecular weight is 273 g/mol. The molecular formula is C9H9ClN4O2S. The Balaban J connectivity index is 0.00000144. The summed E-state index contributed by atoms with van der Waals surface area (Å²) in [6, 6.07) is 6.35. The molecule has 0 radical (unpaired) electrons. The van der Waals surface area contributed by atoms with E-state index >= 15 is 0 Å². The Hall–Kier alpha value is -1.86. The first-order chi connectivity index (χ1) is 7.59. The average Bonchev–Trinajstić information content (AvgIpc) is 2.57. The molecule has 8 heteroatoms. The minimum Gasteiger partial charge on any atom is -0.382 e. The molecule has 0 spiro atoms. The van der Waals surface area contributed by atoms with Gasteiger partial charge in [-0.25, -0.2) is 4.98 Å². The molecule has 2 aromatic rings. The molecule has 17 heavy (non-hydrogen) atoms. The molecule has 0 saturated heterocycles. The van der Waals surface area contributed by atoms with Gasteiger partial charge in [0.15, 0.2) is 5.13 Å². The number of anilines is 2. The largest absolute Gasteiger partial charge is 0.382 e. The zero-order chi connectivity index (χ0) is 11.7. The van der Waals surface area contributed by atoms with Gasteiger partial charge in [-0.2, -0.15) is 0 Å². The molecule has 0 amide bonds. The molecule has 0 aliphatic carbocycles. The SMILES string of the molecule is Cl.Nc1nc(N)c(-c2ccccc2[N+](=O)[O-])s1. The molecule has 90 valence electrons. The van der Waals surface area contributed by atoms with E-state index in [4.69, 9.17) is 11.5 Å². The predicted octanol–water partition coefficient (Wildman–Crippen LogP) is 2.30. The van der Waals surface area contributed by atoms with Gasteiger partial charge in [0.2, 0.25) is 0 Å². The van der Waals surface area contributed by atoms with E-state index in [0.717, 1.165) is 11.3 Å². The minimum atomic E-state index is -0.454. The topological polar surface area (TPSA) is 108 Å². The van der Waals surface area contributed by atoms with E-state index in [0.29, 0.717) is 15.6 Å². The summed E-state index contributed by atoms with van der Waals surface area (Å²) in [4.78, 5) is 14.7. The molecule has 0 aliphatic heterocycles. The summed E-state index contributed by atoms with van der Waals surface area (Å²) in [5.41, 5.74) is 11.6. The smallest absolute Gasteiger partial charge is 0.278 e. The van der Waals surface area contributed by atoms with Crippen LogP contribution in [-0.4, -0.2) is 9.91 Å². The molecular weight excluding hydrogens is 264 g/mol. The van der Waals surface area contributed by atoms with Gasteiger partial charge in [0.1, 0.15) is 5.82 Å². The molecule has 0 fully saturated rings. The number of halogens is 1. The van der Waals surface area contributed by atoms with Crippen LogP contribution in [0.5, 0.6) is 0 Å². The number of benzene rings is 1. The molecule has 0 bridgehead atoms. The molecule has 0 saturated carbocycles. The fourth-order valence-corrected chi connectivity index (χ4v) is 2.15. The maximum absolute atomic E-state index is 10.8. The van der Waals surface area contributed by atoms with Crippen molar-refractivity contribution in [3.63, 3.8) is 0 Å². The summed E-state index contributed by atoms with van der Waals surface area (Å²) < 4.78 is 0. The minimum absolute atomic E-state index is 0. The van der Waals surface area contributed by atoms with Gasteiger partial charge in [-0.15, -0.1) is 12.4 Å². The molecule has 1 aromatic heterocycles. The quantitative estimate of drug-likeness (QED) is 0.644. The van der Waals surface area contributed by atoms with Crippen LogP contribution < -0.4 is 11.5 Å². The van der Waals surface area contributed by atoms with Gasteiger partial charge in [-0.3, -0.25) is 10.1 Å². The fraction of sp³-hybridized carbons (Fsp3) is 0. The highest BCUT2D eigenvalue weighted by molar-refractivity contribution is 7.19. The van der Waals surface area contributed by atoms with E-state index in [1.807, 2.05) is 0 Å². The highest BCUT2D eigenvalue weighted by Gasteiger charge is 2.18. The molecule has 0 aliphatic rings.